The first-order chi connectivity index (χ1) is 20.1. The van der Waals surface area contributed by atoms with Crippen LogP contribution >= 0.6 is 11.6 Å². The highest BCUT2D eigenvalue weighted by molar-refractivity contribution is 7.92. The second-order valence-electron chi connectivity index (χ2n) is 10.6. The van der Waals surface area contributed by atoms with Crippen LogP contribution < -0.4 is 14.4 Å². The molecule has 42 heavy (non-hydrogen) atoms. The average molecular weight is 612 g/mol. The maximum Gasteiger partial charge on any atom is 0.264 e. The third-order valence-corrected chi connectivity index (χ3v) is 9.46. The molecule has 0 unspecified atom stereocenters. The number of aryl methyl sites for hydroxylation is 1. The predicted molar refractivity (Wildman–Crippen MR) is 165 cm³/mol. The van der Waals surface area contributed by atoms with Gasteiger partial charge in [-0.1, -0.05) is 54.3 Å². The van der Waals surface area contributed by atoms with Crippen LogP contribution in [0.5, 0.6) is 5.75 Å². The molecule has 1 atom stereocenters. The van der Waals surface area contributed by atoms with Crippen LogP contribution in [0.1, 0.15) is 50.7 Å². The maximum atomic E-state index is 14.1. The molecule has 1 N–H and O–H groups in total. The second kappa shape index (κ2) is 14.1. The Hall–Kier alpha value is -3.56. The van der Waals surface area contributed by atoms with E-state index in [1.54, 1.807) is 61.5 Å². The highest BCUT2D eigenvalue weighted by Gasteiger charge is 2.33. The molecule has 2 amide bonds. The molecule has 224 valence electrons. The quantitative estimate of drug-likeness (QED) is 0.283. The minimum atomic E-state index is -4.16. The lowest BCUT2D eigenvalue weighted by molar-refractivity contribution is -0.139. The van der Waals surface area contributed by atoms with E-state index in [1.165, 1.54) is 17.0 Å². The number of hydrogen-bond donors (Lipinski definition) is 1. The number of carbonyl (C=O) groups is 2. The predicted octanol–water partition coefficient (Wildman–Crippen LogP) is 5.72. The lowest BCUT2D eigenvalue weighted by Crippen LogP contribution is -2.52. The van der Waals surface area contributed by atoms with E-state index in [-0.39, 0.29) is 23.4 Å². The minimum absolute atomic E-state index is 0.0211. The minimum Gasteiger partial charge on any atom is -0.494 e. The Morgan fingerprint density at radius 3 is 2.31 bits per heavy atom. The standard InChI is InChI=1S/C32H38ClN3O5S/c1-4-41-29-16-18-30(19-17-29)42(39,40)36(28-14-12-23(2)13-15-28)22-31(37)35(21-25-8-7-9-26(33)20-25)24(3)32(38)34-27-10-5-6-11-27/h7-9,12-20,24,27H,4-6,10-11,21-22H2,1-3H3,(H,34,38)/t24-/m1/s1. The van der Waals surface area contributed by atoms with Crippen molar-refractivity contribution in [2.45, 2.75) is 70.0 Å². The van der Waals surface area contributed by atoms with E-state index in [0.717, 1.165) is 41.1 Å². The highest BCUT2D eigenvalue weighted by atomic mass is 35.5. The second-order valence-corrected chi connectivity index (χ2v) is 12.9. The first kappa shape index (κ1) is 31.4. The summed E-state index contributed by atoms with van der Waals surface area (Å²) in [7, 11) is -4.16. The molecule has 1 aliphatic rings. The van der Waals surface area contributed by atoms with Gasteiger partial charge in [0.25, 0.3) is 10.0 Å². The van der Waals surface area contributed by atoms with Gasteiger partial charge in [-0.15, -0.1) is 0 Å². The van der Waals surface area contributed by atoms with Gasteiger partial charge in [-0.2, -0.15) is 0 Å². The van der Waals surface area contributed by atoms with Crippen molar-refractivity contribution in [2.24, 2.45) is 0 Å². The molecular formula is C32H38ClN3O5S. The van der Waals surface area contributed by atoms with Crippen molar-refractivity contribution in [3.63, 3.8) is 0 Å². The number of anilines is 1. The first-order valence-corrected chi connectivity index (χ1v) is 16.1. The zero-order chi connectivity index (χ0) is 30.3. The average Bonchev–Trinajstić information content (AvgIpc) is 3.48. The van der Waals surface area contributed by atoms with Gasteiger partial charge >= 0.3 is 0 Å². The van der Waals surface area contributed by atoms with E-state index in [0.29, 0.717) is 23.1 Å². The zero-order valence-electron chi connectivity index (χ0n) is 24.3. The third kappa shape index (κ3) is 7.83. The summed E-state index contributed by atoms with van der Waals surface area (Å²) in [6.45, 7) is 5.45. The molecule has 0 bridgehead atoms. The van der Waals surface area contributed by atoms with E-state index in [1.807, 2.05) is 19.9 Å². The Kier molecular flexibility index (Phi) is 10.5. The number of halogens is 1. The van der Waals surface area contributed by atoms with Gasteiger partial charge in [-0.05, 0) is 87.7 Å². The van der Waals surface area contributed by atoms with E-state index >= 15 is 0 Å². The molecule has 1 saturated carbocycles. The smallest absolute Gasteiger partial charge is 0.264 e. The van der Waals surface area contributed by atoms with Gasteiger partial charge in [-0.3, -0.25) is 13.9 Å². The fraction of sp³-hybridized carbons (Fsp3) is 0.375. The van der Waals surface area contributed by atoms with E-state index in [9.17, 15) is 18.0 Å². The van der Waals surface area contributed by atoms with Crippen LogP contribution in [0.25, 0.3) is 0 Å². The van der Waals surface area contributed by atoms with Crippen LogP contribution in [-0.2, 0) is 26.2 Å². The topological polar surface area (TPSA) is 96.0 Å². The Labute approximate surface area is 253 Å². The summed E-state index contributed by atoms with van der Waals surface area (Å²) in [5.41, 5.74) is 2.02. The molecule has 3 aromatic carbocycles. The largest absolute Gasteiger partial charge is 0.494 e. The molecule has 10 heteroatoms. The van der Waals surface area contributed by atoms with Gasteiger partial charge in [0.15, 0.2) is 0 Å². The Balaban J connectivity index is 1.67. The van der Waals surface area contributed by atoms with Gasteiger partial charge in [0.1, 0.15) is 18.3 Å². The summed E-state index contributed by atoms with van der Waals surface area (Å²) < 4.78 is 34.6. The van der Waals surface area contributed by atoms with E-state index in [4.69, 9.17) is 16.3 Å². The monoisotopic (exact) mass is 611 g/mol. The molecule has 8 nitrogen and oxygen atoms in total. The van der Waals surface area contributed by atoms with Crippen LogP contribution in [0, 0.1) is 6.92 Å². The number of sulfonamides is 1. The number of ether oxygens (including phenoxy) is 1. The number of nitrogens with one attached hydrogen (secondary N) is 1. The number of amides is 2. The lowest BCUT2D eigenvalue weighted by Gasteiger charge is -2.32. The molecule has 0 spiro atoms. The van der Waals surface area contributed by atoms with Gasteiger partial charge < -0.3 is 15.0 Å². The number of rotatable bonds is 12. The molecule has 0 aliphatic heterocycles. The van der Waals surface area contributed by atoms with Crippen molar-refractivity contribution < 1.29 is 22.7 Å². The summed E-state index contributed by atoms with van der Waals surface area (Å²) in [6, 6.07) is 19.3. The number of carbonyl (C=O) groups excluding carboxylic acids is 2. The molecule has 0 heterocycles. The van der Waals surface area contributed by atoms with Crippen LogP contribution in [-0.4, -0.2) is 50.4 Å². The Morgan fingerprint density at radius 1 is 1.02 bits per heavy atom. The summed E-state index contributed by atoms with van der Waals surface area (Å²) in [5, 5.41) is 3.57. The fourth-order valence-electron chi connectivity index (χ4n) is 5.05. The van der Waals surface area contributed by atoms with Gasteiger partial charge in [0.05, 0.1) is 17.2 Å². The zero-order valence-corrected chi connectivity index (χ0v) is 25.8. The van der Waals surface area contributed by atoms with Crippen molar-refractivity contribution in [3.05, 3.63) is 88.9 Å². The summed E-state index contributed by atoms with van der Waals surface area (Å²) in [4.78, 5) is 28.8. The molecule has 0 radical (unpaired) electrons. The molecule has 4 rings (SSSR count). The van der Waals surface area contributed by atoms with Crippen LogP contribution in [0.4, 0.5) is 5.69 Å². The molecule has 3 aromatic rings. The van der Waals surface area contributed by atoms with Crippen LogP contribution in [0.15, 0.2) is 77.7 Å². The van der Waals surface area contributed by atoms with Gasteiger partial charge in [-0.25, -0.2) is 8.42 Å². The number of benzene rings is 3. The summed E-state index contributed by atoms with van der Waals surface area (Å²) in [5.74, 6) is -0.239. The van der Waals surface area contributed by atoms with E-state index in [2.05, 4.69) is 5.32 Å². The molecule has 1 aliphatic carbocycles. The number of nitrogens with zero attached hydrogens (tertiary/aromatic N) is 2. The molecule has 0 saturated heterocycles. The third-order valence-electron chi connectivity index (χ3n) is 7.43. The van der Waals surface area contributed by atoms with Crippen molar-refractivity contribution in [1.82, 2.24) is 10.2 Å². The molecule has 0 aromatic heterocycles. The maximum absolute atomic E-state index is 14.1. The lowest BCUT2D eigenvalue weighted by atomic mass is 10.1. The Morgan fingerprint density at radius 2 is 1.69 bits per heavy atom. The van der Waals surface area contributed by atoms with Gasteiger partial charge in [0.2, 0.25) is 11.8 Å². The SMILES string of the molecule is CCOc1ccc(S(=O)(=O)N(CC(=O)N(Cc2cccc(Cl)c2)[C@H](C)C(=O)NC2CCCC2)c2ccc(C)cc2)cc1. The summed E-state index contributed by atoms with van der Waals surface area (Å²) in [6.07, 6.45) is 3.92. The van der Waals surface area contributed by atoms with Crippen LogP contribution in [0.3, 0.4) is 0 Å². The van der Waals surface area contributed by atoms with Crippen molar-refractivity contribution in [3.8, 4) is 5.75 Å². The molecular weight excluding hydrogens is 574 g/mol. The Bertz CT molecular complexity index is 1470. The summed E-state index contributed by atoms with van der Waals surface area (Å²) >= 11 is 6.22. The van der Waals surface area contributed by atoms with Crippen molar-refractivity contribution in [2.75, 3.05) is 17.5 Å². The van der Waals surface area contributed by atoms with E-state index < -0.39 is 28.5 Å². The van der Waals surface area contributed by atoms with Crippen LogP contribution in [0.2, 0.25) is 5.02 Å². The normalized spacial score (nSPS) is 14.3. The van der Waals surface area contributed by atoms with Crippen molar-refractivity contribution >= 4 is 39.1 Å². The highest BCUT2D eigenvalue weighted by Crippen LogP contribution is 2.27. The fourth-order valence-corrected chi connectivity index (χ4v) is 6.68. The van der Waals surface area contributed by atoms with Crippen molar-refractivity contribution in [1.29, 1.82) is 0 Å². The molecule has 1 fully saturated rings. The number of hydrogen-bond acceptors (Lipinski definition) is 5. The van der Waals surface area contributed by atoms with Gasteiger partial charge in [0, 0.05) is 17.6 Å². The first-order valence-electron chi connectivity index (χ1n) is 14.2.